The van der Waals surface area contributed by atoms with Crippen LogP contribution in [0.5, 0.6) is 0 Å². The van der Waals surface area contributed by atoms with Crippen LogP contribution in [0.25, 0.3) is 0 Å². The zero-order valence-electron chi connectivity index (χ0n) is 9.37. The molecule has 0 aliphatic carbocycles. The molecule has 1 atom stereocenters. The molecule has 1 heterocycles. The first-order chi connectivity index (χ1) is 7.58. The monoisotopic (exact) mass is 235 g/mol. The molecule has 3 nitrogen and oxygen atoms in total. The van der Waals surface area contributed by atoms with E-state index in [1.807, 2.05) is 0 Å². The van der Waals surface area contributed by atoms with Crippen LogP contribution in [-0.4, -0.2) is 42.0 Å². The van der Waals surface area contributed by atoms with Gasteiger partial charge in [0.2, 0.25) is 0 Å². The van der Waals surface area contributed by atoms with Crippen molar-refractivity contribution in [2.75, 3.05) is 19.6 Å². The third-order valence-electron chi connectivity index (χ3n) is 3.02. The number of likely N-dealkylation sites (tertiary alicyclic amines) is 1. The molecule has 5 heteroatoms. The van der Waals surface area contributed by atoms with Gasteiger partial charge in [-0.1, -0.05) is 6.42 Å². The predicted molar refractivity (Wildman–Crippen MR) is 56.7 cm³/mol. The van der Waals surface area contributed by atoms with Crippen LogP contribution in [0, 0.1) is 5.92 Å². The van der Waals surface area contributed by atoms with Crippen LogP contribution in [-0.2, 0) is 4.79 Å². The van der Waals surface area contributed by atoms with E-state index in [2.05, 4.69) is 0 Å². The van der Waals surface area contributed by atoms with E-state index in [0.717, 1.165) is 19.3 Å². The van der Waals surface area contributed by atoms with Gasteiger partial charge in [-0.25, -0.2) is 8.78 Å². The Hall–Kier alpha value is -0.710. The lowest BCUT2D eigenvalue weighted by atomic mass is 9.98. The fraction of sp³-hybridized carbons (Fsp3) is 0.909. The molecule has 0 aromatic rings. The summed E-state index contributed by atoms with van der Waals surface area (Å²) < 4.78 is 24.5. The van der Waals surface area contributed by atoms with Gasteiger partial charge in [-0.05, 0) is 31.7 Å². The number of hydrogen-bond acceptors (Lipinski definition) is 2. The summed E-state index contributed by atoms with van der Waals surface area (Å²) in [7, 11) is 0. The molecule has 94 valence electrons. The second-order valence-electron chi connectivity index (χ2n) is 4.44. The molecular weight excluding hydrogens is 216 g/mol. The number of hydrogen-bond donors (Lipinski definition) is 1. The summed E-state index contributed by atoms with van der Waals surface area (Å²) in [4.78, 5) is 12.2. The topological polar surface area (TPSA) is 40.5 Å². The molecule has 1 unspecified atom stereocenters. The second-order valence-corrected chi connectivity index (χ2v) is 4.44. The Kier molecular flexibility index (Phi) is 5.66. The minimum Gasteiger partial charge on any atom is -0.481 e. The van der Waals surface area contributed by atoms with Crippen molar-refractivity contribution in [3.8, 4) is 0 Å². The van der Waals surface area contributed by atoms with E-state index >= 15 is 0 Å². The van der Waals surface area contributed by atoms with Gasteiger partial charge in [0, 0.05) is 13.0 Å². The normalized spacial score (nSPS) is 23.3. The zero-order valence-corrected chi connectivity index (χ0v) is 9.37. The molecule has 1 N–H and O–H groups in total. The van der Waals surface area contributed by atoms with E-state index in [9.17, 15) is 13.6 Å². The maximum atomic E-state index is 12.3. The fourth-order valence-corrected chi connectivity index (χ4v) is 2.24. The van der Waals surface area contributed by atoms with Crippen molar-refractivity contribution in [2.45, 2.75) is 38.5 Å². The third kappa shape index (κ3) is 5.39. The number of aliphatic carboxylic acids is 1. The first kappa shape index (κ1) is 13.4. The summed E-state index contributed by atoms with van der Waals surface area (Å²) >= 11 is 0. The van der Waals surface area contributed by atoms with E-state index in [1.54, 1.807) is 4.90 Å². The molecule has 1 fully saturated rings. The highest BCUT2D eigenvalue weighted by Crippen LogP contribution is 2.21. The first-order valence-electron chi connectivity index (χ1n) is 5.80. The molecular formula is C11H19F2NO2. The molecule has 1 aliphatic rings. The molecule has 16 heavy (non-hydrogen) atoms. The average molecular weight is 235 g/mol. The number of carboxylic acid groups (broad SMARTS) is 1. The predicted octanol–water partition coefficient (Wildman–Crippen LogP) is 2.22. The number of halogens is 2. The number of carboxylic acids is 1. The quantitative estimate of drug-likeness (QED) is 0.794. The summed E-state index contributed by atoms with van der Waals surface area (Å²) in [5.41, 5.74) is 0. The Bertz CT molecular complexity index is 224. The largest absolute Gasteiger partial charge is 0.481 e. The van der Waals surface area contributed by atoms with E-state index < -0.39 is 12.4 Å². The highest BCUT2D eigenvalue weighted by atomic mass is 19.3. The second kappa shape index (κ2) is 6.78. The van der Waals surface area contributed by atoms with Crippen molar-refractivity contribution in [2.24, 2.45) is 5.92 Å². The lowest BCUT2D eigenvalue weighted by Gasteiger charge is -2.23. The Balaban J connectivity index is 2.36. The molecule has 0 bridgehead atoms. The van der Waals surface area contributed by atoms with Gasteiger partial charge < -0.3 is 5.11 Å². The Morgan fingerprint density at radius 3 is 2.81 bits per heavy atom. The van der Waals surface area contributed by atoms with Crippen LogP contribution >= 0.6 is 0 Å². The van der Waals surface area contributed by atoms with E-state index in [1.165, 1.54) is 0 Å². The van der Waals surface area contributed by atoms with Gasteiger partial charge in [-0.2, -0.15) is 0 Å². The molecule has 0 aromatic heterocycles. The molecule has 0 aromatic carbocycles. The van der Waals surface area contributed by atoms with Gasteiger partial charge in [0.25, 0.3) is 6.43 Å². The summed E-state index contributed by atoms with van der Waals surface area (Å²) in [6.07, 6.45) is 1.38. The number of carbonyl (C=O) groups is 1. The van der Waals surface area contributed by atoms with E-state index in [-0.39, 0.29) is 18.9 Å². The Labute approximate surface area is 94.4 Å². The minimum atomic E-state index is -2.29. The molecule has 1 saturated heterocycles. The van der Waals surface area contributed by atoms with Crippen LogP contribution in [0.2, 0.25) is 0 Å². The molecule has 0 spiro atoms. The summed E-state index contributed by atoms with van der Waals surface area (Å²) in [5.74, 6) is -0.540. The van der Waals surface area contributed by atoms with E-state index in [0.29, 0.717) is 19.5 Å². The van der Waals surface area contributed by atoms with Crippen LogP contribution in [0.3, 0.4) is 0 Å². The highest BCUT2D eigenvalue weighted by molar-refractivity contribution is 5.66. The first-order valence-corrected chi connectivity index (χ1v) is 5.80. The van der Waals surface area contributed by atoms with Crippen molar-refractivity contribution < 1.29 is 18.7 Å². The van der Waals surface area contributed by atoms with Gasteiger partial charge in [0.05, 0.1) is 6.54 Å². The van der Waals surface area contributed by atoms with Crippen LogP contribution in [0.15, 0.2) is 0 Å². The van der Waals surface area contributed by atoms with Crippen molar-refractivity contribution in [1.82, 2.24) is 4.90 Å². The lowest BCUT2D eigenvalue weighted by molar-refractivity contribution is -0.137. The van der Waals surface area contributed by atoms with Crippen LogP contribution in [0.4, 0.5) is 8.78 Å². The lowest BCUT2D eigenvalue weighted by Crippen LogP contribution is -2.32. The Morgan fingerprint density at radius 2 is 2.19 bits per heavy atom. The maximum Gasteiger partial charge on any atom is 0.303 e. The number of rotatable bonds is 5. The smallest absolute Gasteiger partial charge is 0.303 e. The third-order valence-corrected chi connectivity index (χ3v) is 3.02. The van der Waals surface area contributed by atoms with E-state index in [4.69, 9.17) is 5.11 Å². The van der Waals surface area contributed by atoms with Crippen molar-refractivity contribution in [3.05, 3.63) is 0 Å². The van der Waals surface area contributed by atoms with Gasteiger partial charge in [-0.3, -0.25) is 9.69 Å². The van der Waals surface area contributed by atoms with Gasteiger partial charge >= 0.3 is 5.97 Å². The maximum absolute atomic E-state index is 12.3. The number of nitrogens with zero attached hydrogens (tertiary/aromatic N) is 1. The molecule has 0 saturated carbocycles. The van der Waals surface area contributed by atoms with Gasteiger partial charge in [0.15, 0.2) is 0 Å². The zero-order chi connectivity index (χ0) is 12.0. The number of alkyl halides is 2. The average Bonchev–Trinajstić information content (AvgIpc) is 2.39. The van der Waals surface area contributed by atoms with Crippen LogP contribution in [0.1, 0.15) is 32.1 Å². The van der Waals surface area contributed by atoms with Gasteiger partial charge in [0.1, 0.15) is 0 Å². The molecule has 0 amide bonds. The summed E-state index contributed by atoms with van der Waals surface area (Å²) in [6, 6.07) is 0. The highest BCUT2D eigenvalue weighted by Gasteiger charge is 2.20. The minimum absolute atomic E-state index is 0.146. The SMILES string of the molecule is O=C(O)CCC1CCCCN(CC(F)F)C1. The van der Waals surface area contributed by atoms with Crippen molar-refractivity contribution in [3.63, 3.8) is 0 Å². The van der Waals surface area contributed by atoms with Crippen molar-refractivity contribution >= 4 is 5.97 Å². The van der Waals surface area contributed by atoms with Gasteiger partial charge in [-0.15, -0.1) is 0 Å². The van der Waals surface area contributed by atoms with Crippen LogP contribution < -0.4 is 0 Å². The fourth-order valence-electron chi connectivity index (χ4n) is 2.24. The van der Waals surface area contributed by atoms with Crippen molar-refractivity contribution in [1.29, 1.82) is 0 Å². The standard InChI is InChI=1S/C11H19F2NO2/c12-10(13)8-14-6-2-1-3-9(7-14)4-5-11(15)16/h9-10H,1-8H2,(H,15,16). The summed E-state index contributed by atoms with van der Waals surface area (Å²) in [6.45, 7) is 1.16. The molecule has 0 radical (unpaired) electrons. The molecule has 1 aliphatic heterocycles. The summed E-state index contributed by atoms with van der Waals surface area (Å²) in [5, 5.41) is 8.59. The molecule has 1 rings (SSSR count). The Morgan fingerprint density at radius 1 is 1.44 bits per heavy atom.